The molecule has 1 saturated carbocycles. The molecule has 0 amide bonds. The Morgan fingerprint density at radius 3 is 2.45 bits per heavy atom. The van der Waals surface area contributed by atoms with E-state index < -0.39 is 0 Å². The maximum absolute atomic E-state index is 5.86. The lowest BCUT2D eigenvalue weighted by atomic mass is 9.88. The second kappa shape index (κ2) is 2.40. The third-order valence-corrected chi connectivity index (χ3v) is 4.69. The molecule has 2 aliphatic rings. The van der Waals surface area contributed by atoms with Gasteiger partial charge in [0.05, 0.1) is 0 Å². The number of nitrogens with two attached hydrogens (primary N) is 1. The second-order valence-corrected chi connectivity index (χ2v) is 6.16. The summed E-state index contributed by atoms with van der Waals surface area (Å²) in [6.45, 7) is 4.75. The minimum absolute atomic E-state index is 0.513. The zero-order valence-electron chi connectivity index (χ0n) is 7.34. The lowest BCUT2D eigenvalue weighted by Crippen LogP contribution is -2.26. The first-order chi connectivity index (χ1) is 5.11. The average molecular weight is 171 g/mol. The molecule has 2 rings (SSSR count). The zero-order chi connectivity index (χ0) is 8.06. The van der Waals surface area contributed by atoms with E-state index in [2.05, 4.69) is 25.6 Å². The molecule has 1 aliphatic heterocycles. The number of thioether (sulfide) groups is 1. The third-order valence-electron chi connectivity index (χ3n) is 3.20. The molecule has 0 spiro atoms. The molecule has 1 aliphatic carbocycles. The quantitative estimate of drug-likeness (QED) is 0.652. The summed E-state index contributed by atoms with van der Waals surface area (Å²) in [5.74, 6) is 3.11. The highest BCUT2D eigenvalue weighted by Crippen LogP contribution is 2.52. The molecular formula is C9H17NS. The van der Waals surface area contributed by atoms with E-state index >= 15 is 0 Å². The van der Waals surface area contributed by atoms with Crippen molar-refractivity contribution in [1.29, 1.82) is 0 Å². The van der Waals surface area contributed by atoms with Gasteiger partial charge in [0.25, 0.3) is 0 Å². The van der Waals surface area contributed by atoms with E-state index in [-0.39, 0.29) is 0 Å². The molecule has 0 aromatic rings. The van der Waals surface area contributed by atoms with Gasteiger partial charge >= 0.3 is 0 Å². The first kappa shape index (κ1) is 7.93. The molecule has 0 radical (unpaired) electrons. The van der Waals surface area contributed by atoms with E-state index in [1.807, 2.05) is 0 Å². The first-order valence-electron chi connectivity index (χ1n) is 4.51. The van der Waals surface area contributed by atoms with Crippen molar-refractivity contribution in [2.24, 2.45) is 17.6 Å². The smallest absolute Gasteiger partial charge is 0.0135 e. The minimum atomic E-state index is 0.513. The van der Waals surface area contributed by atoms with Crippen molar-refractivity contribution in [1.82, 2.24) is 0 Å². The van der Waals surface area contributed by atoms with Gasteiger partial charge in [-0.15, -0.1) is 0 Å². The Morgan fingerprint density at radius 1 is 1.45 bits per heavy atom. The Morgan fingerprint density at radius 2 is 2.09 bits per heavy atom. The fourth-order valence-corrected chi connectivity index (χ4v) is 3.74. The molecule has 1 heterocycles. The molecule has 0 aromatic carbocycles. The molecule has 2 fully saturated rings. The molecule has 2 heteroatoms. The summed E-state index contributed by atoms with van der Waals surface area (Å²) in [5, 5.41) is 0. The van der Waals surface area contributed by atoms with Crippen LogP contribution in [0.15, 0.2) is 0 Å². The third kappa shape index (κ3) is 1.31. The maximum Gasteiger partial charge on any atom is 0.0135 e. The summed E-state index contributed by atoms with van der Waals surface area (Å²) in [4.78, 5) is 0. The fraction of sp³-hybridized carbons (Fsp3) is 1.00. The summed E-state index contributed by atoms with van der Waals surface area (Å²) in [6, 6.07) is 0.540. The number of hydrogen-bond donors (Lipinski definition) is 1. The van der Waals surface area contributed by atoms with Crippen LogP contribution in [0.25, 0.3) is 0 Å². The van der Waals surface area contributed by atoms with Gasteiger partial charge < -0.3 is 5.73 Å². The van der Waals surface area contributed by atoms with Crippen molar-refractivity contribution in [3.63, 3.8) is 0 Å². The molecule has 3 atom stereocenters. The molecular weight excluding hydrogens is 154 g/mol. The van der Waals surface area contributed by atoms with Crippen LogP contribution in [-0.4, -0.2) is 16.5 Å². The van der Waals surface area contributed by atoms with Crippen LogP contribution in [0.3, 0.4) is 0 Å². The Labute approximate surface area is 73.1 Å². The van der Waals surface area contributed by atoms with Gasteiger partial charge in [-0.05, 0) is 30.4 Å². The summed E-state index contributed by atoms with van der Waals surface area (Å²) < 4.78 is 0.513. The van der Waals surface area contributed by atoms with E-state index in [4.69, 9.17) is 5.73 Å². The van der Waals surface area contributed by atoms with Gasteiger partial charge in [-0.3, -0.25) is 0 Å². The van der Waals surface area contributed by atoms with Crippen molar-refractivity contribution in [3.05, 3.63) is 0 Å². The minimum Gasteiger partial charge on any atom is -0.327 e. The SMILES string of the molecule is CC1(C)SCCC1[C@@H]1C[C@H]1N. The fourth-order valence-electron chi connectivity index (χ4n) is 2.33. The molecule has 0 aromatic heterocycles. The van der Waals surface area contributed by atoms with Crippen molar-refractivity contribution in [2.45, 2.75) is 37.5 Å². The predicted molar refractivity (Wildman–Crippen MR) is 50.7 cm³/mol. The molecule has 1 nitrogen and oxygen atoms in total. The highest BCUT2D eigenvalue weighted by Gasteiger charge is 2.49. The van der Waals surface area contributed by atoms with Crippen molar-refractivity contribution >= 4 is 11.8 Å². The van der Waals surface area contributed by atoms with Gasteiger partial charge in [0.2, 0.25) is 0 Å². The normalized spacial score (nSPS) is 47.7. The van der Waals surface area contributed by atoms with Gasteiger partial charge in [-0.25, -0.2) is 0 Å². The Hall–Kier alpha value is 0.310. The van der Waals surface area contributed by atoms with Crippen molar-refractivity contribution in [2.75, 3.05) is 5.75 Å². The Bertz CT molecular complexity index is 167. The van der Waals surface area contributed by atoms with Crippen LogP contribution in [0.2, 0.25) is 0 Å². The van der Waals surface area contributed by atoms with Crippen LogP contribution in [0, 0.1) is 11.8 Å². The highest BCUT2D eigenvalue weighted by molar-refractivity contribution is 8.00. The summed E-state index contributed by atoms with van der Waals surface area (Å²) in [7, 11) is 0. The van der Waals surface area contributed by atoms with Crippen LogP contribution in [0.1, 0.15) is 26.7 Å². The van der Waals surface area contributed by atoms with Gasteiger partial charge in [0.1, 0.15) is 0 Å². The largest absolute Gasteiger partial charge is 0.327 e. The van der Waals surface area contributed by atoms with Gasteiger partial charge in [-0.2, -0.15) is 11.8 Å². The predicted octanol–water partition coefficient (Wildman–Crippen LogP) is 1.87. The Kier molecular flexibility index (Phi) is 1.73. The van der Waals surface area contributed by atoms with Crippen LogP contribution in [-0.2, 0) is 0 Å². The lowest BCUT2D eigenvalue weighted by Gasteiger charge is -2.25. The summed E-state index contributed by atoms with van der Waals surface area (Å²) in [6.07, 6.45) is 2.69. The van der Waals surface area contributed by atoms with Crippen LogP contribution < -0.4 is 5.73 Å². The molecule has 0 bridgehead atoms. The molecule has 1 saturated heterocycles. The van der Waals surface area contributed by atoms with E-state index in [0.29, 0.717) is 10.8 Å². The average Bonchev–Trinajstić information content (AvgIpc) is 2.48. The second-order valence-electron chi connectivity index (χ2n) is 4.41. The van der Waals surface area contributed by atoms with Gasteiger partial charge in [-0.1, -0.05) is 13.8 Å². The highest BCUT2D eigenvalue weighted by atomic mass is 32.2. The Balaban J connectivity index is 2.03. The van der Waals surface area contributed by atoms with Crippen LogP contribution in [0.4, 0.5) is 0 Å². The topological polar surface area (TPSA) is 26.0 Å². The zero-order valence-corrected chi connectivity index (χ0v) is 8.16. The molecule has 2 N–H and O–H groups in total. The monoisotopic (exact) mass is 171 g/mol. The first-order valence-corrected chi connectivity index (χ1v) is 5.49. The lowest BCUT2D eigenvalue weighted by molar-refractivity contribution is 0.379. The van der Waals surface area contributed by atoms with E-state index in [9.17, 15) is 0 Å². The number of rotatable bonds is 1. The summed E-state index contributed by atoms with van der Waals surface area (Å²) >= 11 is 2.12. The van der Waals surface area contributed by atoms with Crippen LogP contribution >= 0.6 is 11.8 Å². The van der Waals surface area contributed by atoms with E-state index in [1.54, 1.807) is 0 Å². The van der Waals surface area contributed by atoms with Crippen LogP contribution in [0.5, 0.6) is 0 Å². The number of hydrogen-bond acceptors (Lipinski definition) is 2. The molecule has 64 valence electrons. The molecule has 1 unspecified atom stereocenters. The van der Waals surface area contributed by atoms with Crippen molar-refractivity contribution < 1.29 is 0 Å². The summed E-state index contributed by atoms with van der Waals surface area (Å²) in [5.41, 5.74) is 5.86. The van der Waals surface area contributed by atoms with E-state index in [1.165, 1.54) is 18.6 Å². The van der Waals surface area contributed by atoms with Gasteiger partial charge in [0.15, 0.2) is 0 Å². The van der Waals surface area contributed by atoms with Crippen molar-refractivity contribution in [3.8, 4) is 0 Å². The standard InChI is InChI=1S/C9H17NS/c1-9(2)7(3-4-11-9)6-5-8(6)10/h6-8H,3-5,10H2,1-2H3/t6-,7?,8+/m0/s1. The van der Waals surface area contributed by atoms with Gasteiger partial charge in [0, 0.05) is 10.8 Å². The van der Waals surface area contributed by atoms with E-state index in [0.717, 1.165) is 11.8 Å². The molecule has 11 heavy (non-hydrogen) atoms. The maximum atomic E-state index is 5.86.